The average molecular weight is 353 g/mol. The van der Waals surface area contributed by atoms with E-state index in [4.69, 9.17) is 5.26 Å². The molecule has 7 heteroatoms. The topological polar surface area (TPSA) is 81.9 Å². The number of aromatic nitrogens is 2. The molecule has 1 fully saturated rings. The Kier molecular flexibility index (Phi) is 5.74. The van der Waals surface area contributed by atoms with Crippen LogP contribution in [0.15, 0.2) is 36.7 Å². The van der Waals surface area contributed by atoms with Gasteiger partial charge >= 0.3 is 0 Å². The molecule has 6 nitrogen and oxygen atoms in total. The number of benzene rings is 1. The summed E-state index contributed by atoms with van der Waals surface area (Å²) in [6.45, 7) is 2.19. The second-order valence-corrected chi connectivity index (χ2v) is 6.38. The van der Waals surface area contributed by atoms with Crippen molar-refractivity contribution < 1.29 is 9.18 Å². The van der Waals surface area contributed by atoms with E-state index in [1.165, 1.54) is 18.3 Å². The number of halogens is 1. The van der Waals surface area contributed by atoms with Crippen molar-refractivity contribution in [2.45, 2.75) is 19.3 Å². The first kappa shape index (κ1) is 17.8. The van der Waals surface area contributed by atoms with Gasteiger partial charge in [-0.15, -0.1) is 0 Å². The second kappa shape index (κ2) is 8.39. The molecular formula is C19H20FN5O. The van der Waals surface area contributed by atoms with Crippen LogP contribution in [0, 0.1) is 23.1 Å². The lowest BCUT2D eigenvalue weighted by Gasteiger charge is -2.32. The summed E-state index contributed by atoms with van der Waals surface area (Å²) in [5.41, 5.74) is 1.14. The molecule has 2 heterocycles. The van der Waals surface area contributed by atoms with Crippen LogP contribution < -0.4 is 10.2 Å². The van der Waals surface area contributed by atoms with Gasteiger partial charge in [-0.25, -0.2) is 14.4 Å². The Morgan fingerprint density at radius 3 is 2.62 bits per heavy atom. The summed E-state index contributed by atoms with van der Waals surface area (Å²) in [7, 11) is 0. The summed E-state index contributed by atoms with van der Waals surface area (Å²) in [5, 5.41) is 12.1. The van der Waals surface area contributed by atoms with Gasteiger partial charge in [0.2, 0.25) is 5.91 Å². The largest absolute Gasteiger partial charge is 0.356 e. The lowest BCUT2D eigenvalue weighted by molar-refractivity contribution is -0.120. The molecule has 2 aromatic rings. The van der Waals surface area contributed by atoms with E-state index >= 15 is 0 Å². The number of hydrogen-bond acceptors (Lipinski definition) is 5. The Bertz CT molecular complexity index is 794. The molecule has 1 N–H and O–H groups in total. The van der Waals surface area contributed by atoms with E-state index in [0.717, 1.165) is 31.5 Å². The summed E-state index contributed by atoms with van der Waals surface area (Å²) in [4.78, 5) is 22.4. The van der Waals surface area contributed by atoms with Gasteiger partial charge in [0, 0.05) is 32.0 Å². The molecule has 1 aliphatic rings. The van der Waals surface area contributed by atoms with Crippen LogP contribution in [0.25, 0.3) is 0 Å². The van der Waals surface area contributed by atoms with Gasteiger partial charge in [0.1, 0.15) is 11.9 Å². The first-order chi connectivity index (χ1) is 12.7. The minimum atomic E-state index is -0.302. The maximum atomic E-state index is 12.9. The second-order valence-electron chi connectivity index (χ2n) is 6.38. The molecule has 0 atom stereocenters. The number of amides is 1. The number of carbonyl (C=O) groups excluding carboxylic acids is 1. The van der Waals surface area contributed by atoms with Crippen molar-refractivity contribution >= 4 is 11.7 Å². The predicted molar refractivity (Wildman–Crippen MR) is 94.8 cm³/mol. The molecule has 26 heavy (non-hydrogen) atoms. The number of nitrogens with zero attached hydrogens (tertiary/aromatic N) is 4. The van der Waals surface area contributed by atoms with Gasteiger partial charge in [-0.1, -0.05) is 12.1 Å². The number of piperidine rings is 1. The molecule has 134 valence electrons. The number of rotatable bonds is 5. The molecule has 0 aliphatic carbocycles. The van der Waals surface area contributed by atoms with Crippen LogP contribution in [0.2, 0.25) is 0 Å². The zero-order chi connectivity index (χ0) is 18.4. The first-order valence-corrected chi connectivity index (χ1v) is 8.63. The van der Waals surface area contributed by atoms with E-state index in [1.54, 1.807) is 18.3 Å². The number of nitriles is 1. The van der Waals surface area contributed by atoms with Crippen molar-refractivity contribution in [2.75, 3.05) is 24.5 Å². The van der Waals surface area contributed by atoms with Crippen LogP contribution in [0.5, 0.6) is 0 Å². The summed E-state index contributed by atoms with van der Waals surface area (Å²) in [5.74, 6) is 0.669. The Balaban J connectivity index is 1.45. The lowest BCUT2D eigenvalue weighted by atomic mass is 9.96. The van der Waals surface area contributed by atoms with Crippen molar-refractivity contribution in [3.8, 4) is 6.07 Å². The highest BCUT2D eigenvalue weighted by Gasteiger charge is 2.22. The van der Waals surface area contributed by atoms with E-state index in [-0.39, 0.29) is 18.1 Å². The van der Waals surface area contributed by atoms with E-state index in [9.17, 15) is 9.18 Å². The third-order valence-corrected chi connectivity index (χ3v) is 4.56. The minimum absolute atomic E-state index is 0.0558. The fourth-order valence-corrected chi connectivity index (χ4v) is 3.10. The third-order valence-electron chi connectivity index (χ3n) is 4.56. The monoisotopic (exact) mass is 353 g/mol. The van der Waals surface area contributed by atoms with Crippen LogP contribution in [-0.2, 0) is 11.2 Å². The van der Waals surface area contributed by atoms with Crippen molar-refractivity contribution in [3.63, 3.8) is 0 Å². The highest BCUT2D eigenvalue weighted by atomic mass is 19.1. The van der Waals surface area contributed by atoms with Gasteiger partial charge in [0.15, 0.2) is 11.5 Å². The van der Waals surface area contributed by atoms with Gasteiger partial charge < -0.3 is 10.2 Å². The Hall–Kier alpha value is -3.01. The number of hydrogen-bond donors (Lipinski definition) is 1. The van der Waals surface area contributed by atoms with E-state index in [1.807, 2.05) is 0 Å². The van der Waals surface area contributed by atoms with Crippen molar-refractivity contribution in [1.82, 2.24) is 15.3 Å². The van der Waals surface area contributed by atoms with Crippen LogP contribution in [0.3, 0.4) is 0 Å². The summed E-state index contributed by atoms with van der Waals surface area (Å²) in [6.07, 6.45) is 5.20. The van der Waals surface area contributed by atoms with Crippen LogP contribution in [0.1, 0.15) is 24.1 Å². The Morgan fingerprint density at radius 2 is 1.92 bits per heavy atom. The molecule has 1 amide bonds. The van der Waals surface area contributed by atoms with Gasteiger partial charge in [0.25, 0.3) is 0 Å². The van der Waals surface area contributed by atoms with Gasteiger partial charge in [-0.2, -0.15) is 5.26 Å². The highest BCUT2D eigenvalue weighted by Crippen LogP contribution is 2.22. The maximum Gasteiger partial charge on any atom is 0.224 e. The van der Waals surface area contributed by atoms with Crippen LogP contribution in [0.4, 0.5) is 10.2 Å². The normalized spacial score (nSPS) is 14.7. The molecule has 0 bridgehead atoms. The van der Waals surface area contributed by atoms with E-state index in [2.05, 4.69) is 26.3 Å². The van der Waals surface area contributed by atoms with E-state index in [0.29, 0.717) is 24.0 Å². The maximum absolute atomic E-state index is 12.9. The summed E-state index contributed by atoms with van der Waals surface area (Å²) < 4.78 is 12.9. The quantitative estimate of drug-likeness (QED) is 0.890. The van der Waals surface area contributed by atoms with Crippen LogP contribution >= 0.6 is 0 Å². The van der Waals surface area contributed by atoms with Gasteiger partial charge in [-0.05, 0) is 36.5 Å². The molecule has 0 unspecified atom stereocenters. The molecule has 0 spiro atoms. The van der Waals surface area contributed by atoms with E-state index < -0.39 is 0 Å². The molecule has 1 aromatic heterocycles. The molecule has 1 aliphatic heterocycles. The molecule has 3 rings (SSSR count). The highest BCUT2D eigenvalue weighted by molar-refractivity contribution is 5.78. The molecular weight excluding hydrogens is 333 g/mol. The minimum Gasteiger partial charge on any atom is -0.356 e. The summed E-state index contributed by atoms with van der Waals surface area (Å²) >= 11 is 0. The Labute approximate surface area is 151 Å². The average Bonchev–Trinajstić information content (AvgIpc) is 2.68. The molecule has 1 saturated heterocycles. The number of nitrogens with one attached hydrogen (secondary N) is 1. The number of carbonyl (C=O) groups is 1. The fraction of sp³-hybridized carbons (Fsp3) is 0.368. The van der Waals surface area contributed by atoms with Crippen LogP contribution in [-0.4, -0.2) is 35.5 Å². The molecule has 0 saturated carbocycles. The van der Waals surface area contributed by atoms with Gasteiger partial charge in [-0.3, -0.25) is 4.79 Å². The third kappa shape index (κ3) is 4.54. The zero-order valence-corrected chi connectivity index (χ0v) is 14.4. The fourth-order valence-electron chi connectivity index (χ4n) is 3.10. The zero-order valence-electron chi connectivity index (χ0n) is 14.4. The van der Waals surface area contributed by atoms with Gasteiger partial charge in [0.05, 0.1) is 6.42 Å². The Morgan fingerprint density at radius 1 is 1.23 bits per heavy atom. The SMILES string of the molecule is N#Cc1nccnc1N1CCC(CNC(=O)Cc2ccc(F)cc2)CC1. The predicted octanol–water partition coefficient (Wildman–Crippen LogP) is 2.06. The van der Waals surface area contributed by atoms with Crippen molar-refractivity contribution in [3.05, 3.63) is 53.7 Å². The molecule has 1 aromatic carbocycles. The number of anilines is 1. The lowest BCUT2D eigenvalue weighted by Crippen LogP contribution is -2.39. The molecule has 0 radical (unpaired) electrons. The smallest absolute Gasteiger partial charge is 0.224 e. The standard InChI is InChI=1S/C19H20FN5O/c20-16-3-1-14(2-4-16)11-18(26)24-13-15-5-9-25(10-6-15)19-17(12-21)22-7-8-23-19/h1-4,7-8,15H,5-6,9-11,13H2,(H,24,26). The van der Waals surface area contributed by atoms with Crippen molar-refractivity contribution in [2.24, 2.45) is 5.92 Å². The summed E-state index contributed by atoms with van der Waals surface area (Å²) in [6, 6.07) is 8.05. The first-order valence-electron chi connectivity index (χ1n) is 8.63. The van der Waals surface area contributed by atoms with Crippen molar-refractivity contribution in [1.29, 1.82) is 5.26 Å².